The third kappa shape index (κ3) is 4.05. The van der Waals surface area contributed by atoms with Crippen molar-refractivity contribution >= 4 is 0 Å². The van der Waals surface area contributed by atoms with Gasteiger partial charge in [0.25, 0.3) is 0 Å². The SMILES string of the molecule is COc1ccc(CCN(C)CC#N)cc1C(C)C. The Bertz CT molecular complexity index is 421. The fourth-order valence-corrected chi connectivity index (χ4v) is 1.91. The number of rotatable bonds is 6. The van der Waals surface area contributed by atoms with E-state index in [2.05, 4.69) is 32.0 Å². The van der Waals surface area contributed by atoms with Gasteiger partial charge in [0.05, 0.1) is 19.7 Å². The molecule has 0 unspecified atom stereocenters. The maximum absolute atomic E-state index is 8.61. The predicted molar refractivity (Wildman–Crippen MR) is 73.9 cm³/mol. The van der Waals surface area contributed by atoms with E-state index in [1.165, 1.54) is 11.1 Å². The van der Waals surface area contributed by atoms with Gasteiger partial charge >= 0.3 is 0 Å². The molecule has 1 aromatic rings. The second-order valence-electron chi connectivity index (χ2n) is 4.88. The van der Waals surface area contributed by atoms with E-state index in [1.54, 1.807) is 7.11 Å². The zero-order valence-electron chi connectivity index (χ0n) is 11.7. The van der Waals surface area contributed by atoms with Gasteiger partial charge in [0.15, 0.2) is 0 Å². The number of hydrogen-bond acceptors (Lipinski definition) is 3. The summed E-state index contributed by atoms with van der Waals surface area (Å²) in [5.41, 5.74) is 2.54. The molecule has 0 atom stereocenters. The molecule has 0 saturated heterocycles. The average molecular weight is 246 g/mol. The summed E-state index contributed by atoms with van der Waals surface area (Å²) >= 11 is 0. The Morgan fingerprint density at radius 2 is 2.11 bits per heavy atom. The van der Waals surface area contributed by atoms with Crippen LogP contribution in [0.15, 0.2) is 18.2 Å². The summed E-state index contributed by atoms with van der Waals surface area (Å²) < 4.78 is 5.37. The van der Waals surface area contributed by atoms with Gasteiger partial charge in [-0.15, -0.1) is 0 Å². The summed E-state index contributed by atoms with van der Waals surface area (Å²) in [6, 6.07) is 8.51. The van der Waals surface area contributed by atoms with Crippen molar-refractivity contribution in [3.8, 4) is 11.8 Å². The number of likely N-dealkylation sites (N-methyl/N-ethyl adjacent to an activating group) is 1. The topological polar surface area (TPSA) is 36.3 Å². The summed E-state index contributed by atoms with van der Waals surface area (Å²) in [6.45, 7) is 5.72. The second-order valence-corrected chi connectivity index (χ2v) is 4.88. The smallest absolute Gasteiger partial charge is 0.122 e. The molecule has 98 valence electrons. The first kappa shape index (κ1) is 14.5. The van der Waals surface area contributed by atoms with Gasteiger partial charge in [-0.2, -0.15) is 5.26 Å². The molecule has 18 heavy (non-hydrogen) atoms. The lowest BCUT2D eigenvalue weighted by molar-refractivity contribution is 0.378. The van der Waals surface area contributed by atoms with Crippen LogP contribution in [0.3, 0.4) is 0 Å². The van der Waals surface area contributed by atoms with Crippen LogP contribution in [-0.2, 0) is 6.42 Å². The first-order valence-corrected chi connectivity index (χ1v) is 6.30. The van der Waals surface area contributed by atoms with Crippen molar-refractivity contribution in [2.45, 2.75) is 26.2 Å². The standard InChI is InChI=1S/C15H22N2O/c1-12(2)14-11-13(5-6-15(14)18-4)7-9-17(3)10-8-16/h5-6,11-12H,7,9-10H2,1-4H3. The molecule has 0 heterocycles. The quantitative estimate of drug-likeness (QED) is 0.724. The summed E-state index contributed by atoms with van der Waals surface area (Å²) in [6.07, 6.45) is 0.960. The van der Waals surface area contributed by atoms with Crippen molar-refractivity contribution < 1.29 is 4.74 Å². The molecule has 0 amide bonds. The van der Waals surface area contributed by atoms with Crippen LogP contribution in [-0.4, -0.2) is 32.1 Å². The minimum Gasteiger partial charge on any atom is -0.496 e. The lowest BCUT2D eigenvalue weighted by atomic mass is 9.98. The molecule has 0 spiro atoms. The van der Waals surface area contributed by atoms with Gasteiger partial charge in [-0.3, -0.25) is 4.90 Å². The summed E-state index contributed by atoms with van der Waals surface area (Å²) in [7, 11) is 3.68. The molecule has 0 N–H and O–H groups in total. The molecule has 0 bridgehead atoms. The van der Waals surface area contributed by atoms with E-state index in [0.717, 1.165) is 18.7 Å². The van der Waals surface area contributed by atoms with E-state index in [1.807, 2.05) is 18.0 Å². The van der Waals surface area contributed by atoms with Gasteiger partial charge < -0.3 is 4.74 Å². The third-order valence-corrected chi connectivity index (χ3v) is 3.04. The van der Waals surface area contributed by atoms with Crippen LogP contribution < -0.4 is 4.74 Å². The molecule has 0 saturated carbocycles. The van der Waals surface area contributed by atoms with Crippen molar-refractivity contribution in [1.82, 2.24) is 4.90 Å². The first-order valence-electron chi connectivity index (χ1n) is 6.30. The van der Waals surface area contributed by atoms with Gasteiger partial charge in [-0.1, -0.05) is 26.0 Å². The molecular formula is C15H22N2O. The van der Waals surface area contributed by atoms with Crippen molar-refractivity contribution in [2.75, 3.05) is 27.2 Å². The van der Waals surface area contributed by atoms with Crippen LogP contribution in [0.25, 0.3) is 0 Å². The Hall–Kier alpha value is -1.53. The maximum atomic E-state index is 8.61. The van der Waals surface area contributed by atoms with E-state index in [0.29, 0.717) is 12.5 Å². The first-order chi connectivity index (χ1) is 8.58. The molecule has 3 nitrogen and oxygen atoms in total. The summed E-state index contributed by atoms with van der Waals surface area (Å²) in [4.78, 5) is 2.03. The van der Waals surface area contributed by atoms with Crippen molar-refractivity contribution in [3.05, 3.63) is 29.3 Å². The summed E-state index contributed by atoms with van der Waals surface area (Å²) in [5.74, 6) is 1.41. The highest BCUT2D eigenvalue weighted by Crippen LogP contribution is 2.27. The van der Waals surface area contributed by atoms with Crippen molar-refractivity contribution in [1.29, 1.82) is 5.26 Å². The monoisotopic (exact) mass is 246 g/mol. The molecule has 0 aromatic heterocycles. The molecule has 0 radical (unpaired) electrons. The van der Waals surface area contributed by atoms with E-state index in [9.17, 15) is 0 Å². The maximum Gasteiger partial charge on any atom is 0.122 e. The highest BCUT2D eigenvalue weighted by Gasteiger charge is 2.08. The Balaban J connectivity index is 2.73. The third-order valence-electron chi connectivity index (χ3n) is 3.04. The van der Waals surface area contributed by atoms with Crippen LogP contribution in [0.1, 0.15) is 30.9 Å². The lowest BCUT2D eigenvalue weighted by Gasteiger charge is -2.15. The van der Waals surface area contributed by atoms with Crippen LogP contribution in [0.5, 0.6) is 5.75 Å². The van der Waals surface area contributed by atoms with Gasteiger partial charge in [0.1, 0.15) is 5.75 Å². The number of hydrogen-bond donors (Lipinski definition) is 0. The number of nitriles is 1. The van der Waals surface area contributed by atoms with E-state index in [4.69, 9.17) is 10.00 Å². The molecule has 1 aromatic carbocycles. The van der Waals surface area contributed by atoms with Crippen LogP contribution in [0, 0.1) is 11.3 Å². The van der Waals surface area contributed by atoms with Crippen LogP contribution in [0.2, 0.25) is 0 Å². The number of ether oxygens (including phenoxy) is 1. The average Bonchev–Trinajstić information content (AvgIpc) is 2.36. The molecule has 0 fully saturated rings. The van der Waals surface area contributed by atoms with Crippen LogP contribution in [0.4, 0.5) is 0 Å². The highest BCUT2D eigenvalue weighted by molar-refractivity contribution is 5.39. The van der Waals surface area contributed by atoms with Crippen molar-refractivity contribution in [3.63, 3.8) is 0 Å². The van der Waals surface area contributed by atoms with Gasteiger partial charge in [-0.05, 0) is 36.6 Å². The summed E-state index contributed by atoms with van der Waals surface area (Å²) in [5, 5.41) is 8.61. The largest absolute Gasteiger partial charge is 0.496 e. The molecule has 0 aliphatic carbocycles. The second kappa shape index (κ2) is 7.03. The van der Waals surface area contributed by atoms with Gasteiger partial charge in [-0.25, -0.2) is 0 Å². The molecule has 3 heteroatoms. The zero-order chi connectivity index (χ0) is 13.5. The normalized spacial score (nSPS) is 10.7. The Labute approximate surface area is 110 Å². The fourth-order valence-electron chi connectivity index (χ4n) is 1.91. The van der Waals surface area contributed by atoms with Gasteiger partial charge in [0.2, 0.25) is 0 Å². The van der Waals surface area contributed by atoms with Crippen LogP contribution >= 0.6 is 0 Å². The molecule has 0 aliphatic rings. The lowest BCUT2D eigenvalue weighted by Crippen LogP contribution is -2.21. The van der Waals surface area contributed by atoms with E-state index >= 15 is 0 Å². The van der Waals surface area contributed by atoms with E-state index in [-0.39, 0.29) is 0 Å². The van der Waals surface area contributed by atoms with Gasteiger partial charge in [0, 0.05) is 6.54 Å². The predicted octanol–water partition coefficient (Wildman–Crippen LogP) is 2.82. The Kier molecular flexibility index (Phi) is 5.67. The van der Waals surface area contributed by atoms with E-state index < -0.39 is 0 Å². The number of methoxy groups -OCH3 is 1. The minimum atomic E-state index is 0.455. The molecule has 1 rings (SSSR count). The zero-order valence-corrected chi connectivity index (χ0v) is 11.7. The Morgan fingerprint density at radius 3 is 2.67 bits per heavy atom. The highest BCUT2D eigenvalue weighted by atomic mass is 16.5. The minimum absolute atomic E-state index is 0.455. The Morgan fingerprint density at radius 1 is 1.39 bits per heavy atom. The molecular weight excluding hydrogens is 224 g/mol. The molecule has 0 aliphatic heterocycles. The number of nitrogens with zero attached hydrogens (tertiary/aromatic N) is 2. The number of benzene rings is 1. The fraction of sp³-hybridized carbons (Fsp3) is 0.533. The van der Waals surface area contributed by atoms with Crippen molar-refractivity contribution in [2.24, 2.45) is 0 Å².